The van der Waals surface area contributed by atoms with Crippen molar-refractivity contribution in [2.45, 2.75) is 71.1 Å². The molecule has 136 valence electrons. The third-order valence-electron chi connectivity index (χ3n) is 3.79. The van der Waals surface area contributed by atoms with Crippen LogP contribution in [-0.4, -0.2) is 11.8 Å². The van der Waals surface area contributed by atoms with Gasteiger partial charge in [0.25, 0.3) is 0 Å². The predicted octanol–water partition coefficient (Wildman–Crippen LogP) is 4.52. The Labute approximate surface area is 144 Å². The van der Waals surface area contributed by atoms with Gasteiger partial charge in [-0.1, -0.05) is 58.3 Å². The first-order valence-electron chi connectivity index (χ1n) is 8.65. The summed E-state index contributed by atoms with van der Waals surface area (Å²) in [6, 6.07) is 3.17. The maximum atomic E-state index is 12.0. The van der Waals surface area contributed by atoms with E-state index in [1.54, 1.807) is 12.1 Å². The molecule has 0 radical (unpaired) electrons. The zero-order valence-electron chi connectivity index (χ0n) is 15.0. The number of aliphatic carboxylic acids is 1. The molecule has 0 saturated carbocycles. The van der Waals surface area contributed by atoms with Gasteiger partial charge < -0.3 is 20.5 Å². The van der Waals surface area contributed by atoms with E-state index in [0.717, 1.165) is 18.9 Å². The van der Waals surface area contributed by atoms with Gasteiger partial charge in [0.05, 0.1) is 5.97 Å². The van der Waals surface area contributed by atoms with Gasteiger partial charge in [-0.15, -0.1) is 0 Å². The fourth-order valence-electron chi connectivity index (χ4n) is 2.46. The highest BCUT2D eigenvalue weighted by Gasteiger charge is 2.09. The van der Waals surface area contributed by atoms with E-state index in [2.05, 4.69) is 6.92 Å². The third kappa shape index (κ3) is 10.0. The predicted molar refractivity (Wildman–Crippen MR) is 94.9 cm³/mol. The van der Waals surface area contributed by atoms with Gasteiger partial charge in [-0.25, -0.2) is 0 Å². The smallest absolute Gasteiger partial charge is 0.198 e. The largest absolute Gasteiger partial charge is 0.545 e. The van der Waals surface area contributed by atoms with Crippen LogP contribution in [0.3, 0.4) is 0 Å². The summed E-state index contributed by atoms with van der Waals surface area (Å²) >= 11 is 0. The molecule has 0 aromatic carbocycles. The molecule has 0 aliphatic heterocycles. The maximum absolute atomic E-state index is 12.0. The van der Waals surface area contributed by atoms with Crippen molar-refractivity contribution in [3.05, 3.63) is 29.7 Å². The molecule has 0 fully saturated rings. The topological polar surface area (TPSA) is 107 Å². The first kappa shape index (κ1) is 22.1. The number of ketones is 1. The third-order valence-corrected chi connectivity index (χ3v) is 3.79. The molecule has 4 N–H and O–H groups in total. The quantitative estimate of drug-likeness (QED) is 0.324. The Balaban J connectivity index is 0.00000529. The van der Waals surface area contributed by atoms with E-state index in [1.807, 2.05) is 0 Å². The molecule has 0 amide bonds. The number of hydrogen-bond acceptors (Lipinski definition) is 4. The van der Waals surface area contributed by atoms with Crippen molar-refractivity contribution >= 4 is 17.8 Å². The number of rotatable bonds is 13. The molecule has 0 aliphatic carbocycles. The van der Waals surface area contributed by atoms with Crippen molar-refractivity contribution in [3.8, 4) is 0 Å². The van der Waals surface area contributed by atoms with Gasteiger partial charge in [0.15, 0.2) is 11.5 Å². The average Bonchev–Trinajstić information content (AvgIpc) is 3.00. The van der Waals surface area contributed by atoms with Crippen molar-refractivity contribution < 1.29 is 19.1 Å². The van der Waals surface area contributed by atoms with E-state index >= 15 is 0 Å². The number of quaternary nitrogens is 1. The standard InChI is InChI=1S/C19H28O4.H3N/c1-2-3-4-5-6-7-8-9-10-11-17(20)18-14-12-16(23-18)13-15-19(21)22;/h12-15H,2-11H2,1H3,(H,21,22);1H3/b15-13+;. The highest BCUT2D eigenvalue weighted by molar-refractivity contribution is 5.93. The summed E-state index contributed by atoms with van der Waals surface area (Å²) in [5.41, 5.74) is 0. The summed E-state index contributed by atoms with van der Waals surface area (Å²) in [7, 11) is 0. The van der Waals surface area contributed by atoms with E-state index < -0.39 is 5.97 Å². The molecule has 5 heteroatoms. The lowest BCUT2D eigenvalue weighted by Gasteiger charge is -2.01. The lowest BCUT2D eigenvalue weighted by Crippen LogP contribution is -2.18. The first-order valence-corrected chi connectivity index (χ1v) is 8.65. The molecule has 0 aliphatic rings. The molecule has 0 saturated heterocycles. The normalized spacial score (nSPS) is 10.7. The zero-order valence-corrected chi connectivity index (χ0v) is 15.0. The van der Waals surface area contributed by atoms with Crippen LogP contribution in [0.25, 0.3) is 6.08 Å². The van der Waals surface area contributed by atoms with Gasteiger partial charge in [0.1, 0.15) is 5.76 Å². The second kappa shape index (κ2) is 13.5. The van der Waals surface area contributed by atoms with Gasteiger partial charge in [-0.3, -0.25) is 4.79 Å². The van der Waals surface area contributed by atoms with Gasteiger partial charge in [0.2, 0.25) is 0 Å². The number of furan rings is 1. The molecule has 1 rings (SSSR count). The molecule has 0 bridgehead atoms. The molecular formula is C19H31NO4. The van der Waals surface area contributed by atoms with Crippen LogP contribution in [0.4, 0.5) is 0 Å². The summed E-state index contributed by atoms with van der Waals surface area (Å²) in [6.07, 6.45) is 13.6. The Hall–Kier alpha value is -1.88. The second-order valence-electron chi connectivity index (χ2n) is 5.86. The van der Waals surface area contributed by atoms with Gasteiger partial charge in [-0.2, -0.15) is 0 Å². The van der Waals surface area contributed by atoms with Crippen LogP contribution < -0.4 is 11.3 Å². The number of carbonyl (C=O) groups is 2. The molecular weight excluding hydrogens is 306 g/mol. The van der Waals surface area contributed by atoms with E-state index in [0.29, 0.717) is 17.9 Å². The Morgan fingerprint density at radius 3 is 2.17 bits per heavy atom. The molecule has 0 spiro atoms. The van der Waals surface area contributed by atoms with Crippen LogP contribution in [-0.2, 0) is 4.79 Å². The van der Waals surface area contributed by atoms with Crippen molar-refractivity contribution in [1.82, 2.24) is 6.15 Å². The fourth-order valence-corrected chi connectivity index (χ4v) is 2.46. The van der Waals surface area contributed by atoms with Crippen LogP contribution in [0.5, 0.6) is 0 Å². The first-order chi connectivity index (χ1) is 11.1. The SMILES string of the molecule is CCCCCCCCCCCC(=O)c1ccc(/C=C/C(=O)[O-])o1.[NH4+]. The van der Waals surface area contributed by atoms with Crippen molar-refractivity contribution in [2.75, 3.05) is 0 Å². The Bertz CT molecular complexity index is 505. The van der Waals surface area contributed by atoms with Gasteiger partial charge in [0, 0.05) is 6.42 Å². The van der Waals surface area contributed by atoms with E-state index in [-0.39, 0.29) is 11.9 Å². The monoisotopic (exact) mass is 337 g/mol. The molecule has 0 atom stereocenters. The van der Waals surface area contributed by atoms with Crippen LogP contribution in [0.1, 0.15) is 87.4 Å². The number of unbranched alkanes of at least 4 members (excludes halogenated alkanes) is 8. The number of carbonyl (C=O) groups excluding carboxylic acids is 2. The van der Waals surface area contributed by atoms with Gasteiger partial charge >= 0.3 is 0 Å². The van der Waals surface area contributed by atoms with Crippen molar-refractivity contribution in [1.29, 1.82) is 0 Å². The minimum Gasteiger partial charge on any atom is -0.545 e. The van der Waals surface area contributed by atoms with E-state index in [4.69, 9.17) is 4.42 Å². The zero-order chi connectivity index (χ0) is 16.9. The summed E-state index contributed by atoms with van der Waals surface area (Å²) < 4.78 is 5.30. The minimum absolute atomic E-state index is 0. The highest BCUT2D eigenvalue weighted by Crippen LogP contribution is 2.15. The summed E-state index contributed by atoms with van der Waals surface area (Å²) in [6.45, 7) is 2.22. The van der Waals surface area contributed by atoms with E-state index in [9.17, 15) is 14.7 Å². The lowest BCUT2D eigenvalue weighted by atomic mass is 10.1. The van der Waals surface area contributed by atoms with Gasteiger partial charge in [-0.05, 0) is 30.7 Å². The Morgan fingerprint density at radius 2 is 1.58 bits per heavy atom. The summed E-state index contributed by atoms with van der Waals surface area (Å²) in [4.78, 5) is 22.3. The summed E-state index contributed by atoms with van der Waals surface area (Å²) in [5, 5.41) is 10.3. The van der Waals surface area contributed by atoms with Crippen molar-refractivity contribution in [3.63, 3.8) is 0 Å². The van der Waals surface area contributed by atoms with Crippen molar-refractivity contribution in [2.24, 2.45) is 0 Å². The molecule has 0 unspecified atom stereocenters. The molecule has 1 aromatic rings. The highest BCUT2D eigenvalue weighted by atomic mass is 16.4. The Morgan fingerprint density at radius 1 is 1.00 bits per heavy atom. The van der Waals surface area contributed by atoms with Crippen LogP contribution in [0.2, 0.25) is 0 Å². The number of hydrogen-bond donors (Lipinski definition) is 1. The Kier molecular flexibility index (Phi) is 12.5. The number of carboxylic acids is 1. The molecule has 1 heterocycles. The van der Waals surface area contributed by atoms with E-state index in [1.165, 1.54) is 51.0 Å². The number of carboxylic acid groups (broad SMARTS) is 1. The minimum atomic E-state index is -1.29. The molecule has 5 nitrogen and oxygen atoms in total. The van der Waals surface area contributed by atoms with Crippen LogP contribution in [0, 0.1) is 0 Å². The fraction of sp³-hybridized carbons (Fsp3) is 0.579. The lowest BCUT2D eigenvalue weighted by molar-refractivity contribution is -0.297. The maximum Gasteiger partial charge on any atom is 0.198 e. The van der Waals surface area contributed by atoms with Crippen LogP contribution in [0.15, 0.2) is 22.6 Å². The number of Topliss-reactive ketones (excluding diaryl/α,β-unsaturated/α-hetero) is 1. The summed E-state index contributed by atoms with van der Waals surface area (Å²) in [5.74, 6) is -0.669. The average molecular weight is 337 g/mol. The molecule has 24 heavy (non-hydrogen) atoms. The molecule has 1 aromatic heterocycles. The van der Waals surface area contributed by atoms with Crippen LogP contribution >= 0.6 is 0 Å². The second-order valence-corrected chi connectivity index (χ2v) is 5.86.